The van der Waals surface area contributed by atoms with E-state index in [1.54, 1.807) is 48.5 Å². The maximum absolute atomic E-state index is 14.3. The SMILES string of the molecule is CCOc1ccc(-n2c(C(N)CN(CCN)C(=O)Cc3ccc(C(F)(F)P)c(F)c3)nc3ccccc3c2=O)cc1. The number of aromatic nitrogens is 2. The Balaban J connectivity index is 1.66. The maximum Gasteiger partial charge on any atom is 0.286 e. The Morgan fingerprint density at radius 2 is 1.85 bits per heavy atom. The number of para-hydroxylation sites is 1. The van der Waals surface area contributed by atoms with E-state index >= 15 is 0 Å². The topological polar surface area (TPSA) is 116 Å². The fraction of sp³-hybridized carbons (Fsp3) is 0.276. The molecule has 4 rings (SSSR count). The number of nitrogens with two attached hydrogens (primary N) is 2. The summed E-state index contributed by atoms with van der Waals surface area (Å²) in [5.74, 6) is -0.691. The van der Waals surface area contributed by atoms with E-state index < -0.39 is 29.0 Å². The van der Waals surface area contributed by atoms with Gasteiger partial charge in [0.15, 0.2) is 0 Å². The van der Waals surface area contributed by atoms with Crippen molar-refractivity contribution in [2.45, 2.75) is 25.1 Å². The summed E-state index contributed by atoms with van der Waals surface area (Å²) in [6.07, 6.45) is -0.261. The van der Waals surface area contributed by atoms with E-state index in [-0.39, 0.29) is 43.0 Å². The van der Waals surface area contributed by atoms with E-state index in [1.165, 1.54) is 24.8 Å². The Hall–Kier alpha value is -3.79. The highest BCUT2D eigenvalue weighted by molar-refractivity contribution is 7.17. The molecular formula is C29H31F3N5O3P. The molecule has 0 aliphatic heterocycles. The highest BCUT2D eigenvalue weighted by Gasteiger charge is 2.29. The Morgan fingerprint density at radius 3 is 2.49 bits per heavy atom. The van der Waals surface area contributed by atoms with Crippen LogP contribution in [0.5, 0.6) is 5.75 Å². The van der Waals surface area contributed by atoms with Gasteiger partial charge >= 0.3 is 0 Å². The molecule has 0 fully saturated rings. The second-order valence-corrected chi connectivity index (χ2v) is 10.1. The van der Waals surface area contributed by atoms with Crippen molar-refractivity contribution in [2.75, 3.05) is 26.2 Å². The zero-order chi connectivity index (χ0) is 29.7. The number of benzene rings is 3. The van der Waals surface area contributed by atoms with E-state index in [2.05, 4.69) is 4.98 Å². The van der Waals surface area contributed by atoms with Crippen LogP contribution < -0.4 is 21.8 Å². The van der Waals surface area contributed by atoms with Crippen LogP contribution in [0.15, 0.2) is 71.5 Å². The van der Waals surface area contributed by atoms with Gasteiger partial charge in [0, 0.05) is 19.6 Å². The van der Waals surface area contributed by atoms with E-state index in [4.69, 9.17) is 16.2 Å². The van der Waals surface area contributed by atoms with Crippen molar-refractivity contribution in [1.29, 1.82) is 0 Å². The van der Waals surface area contributed by atoms with Crippen LogP contribution in [0.1, 0.15) is 29.9 Å². The van der Waals surface area contributed by atoms with Crippen LogP contribution in [0.4, 0.5) is 13.2 Å². The van der Waals surface area contributed by atoms with E-state index in [0.29, 0.717) is 28.9 Å². The summed E-state index contributed by atoms with van der Waals surface area (Å²) in [6.45, 7) is 2.53. The summed E-state index contributed by atoms with van der Waals surface area (Å²) >= 11 is 0. The summed E-state index contributed by atoms with van der Waals surface area (Å²) < 4.78 is 48.4. The van der Waals surface area contributed by atoms with Crippen LogP contribution >= 0.6 is 9.24 Å². The minimum Gasteiger partial charge on any atom is -0.494 e. The third-order valence-electron chi connectivity index (χ3n) is 6.46. The zero-order valence-electron chi connectivity index (χ0n) is 22.4. The van der Waals surface area contributed by atoms with Gasteiger partial charge in [0.25, 0.3) is 11.2 Å². The molecule has 216 valence electrons. The lowest BCUT2D eigenvalue weighted by Gasteiger charge is -2.27. The molecule has 12 heteroatoms. The quantitative estimate of drug-likeness (QED) is 0.258. The molecule has 4 aromatic rings. The van der Waals surface area contributed by atoms with Gasteiger partial charge < -0.3 is 21.1 Å². The minimum atomic E-state index is -3.43. The first-order valence-corrected chi connectivity index (χ1v) is 13.5. The molecule has 8 nitrogen and oxygen atoms in total. The average Bonchev–Trinajstić information content (AvgIpc) is 2.93. The molecule has 41 heavy (non-hydrogen) atoms. The first-order chi connectivity index (χ1) is 19.5. The number of alkyl halides is 2. The van der Waals surface area contributed by atoms with Crippen LogP contribution in [-0.4, -0.2) is 46.6 Å². The number of hydrogen-bond donors (Lipinski definition) is 2. The lowest BCUT2D eigenvalue weighted by Crippen LogP contribution is -2.42. The number of amides is 1. The number of rotatable bonds is 11. The molecule has 0 aliphatic rings. The number of hydrogen-bond acceptors (Lipinski definition) is 6. The predicted molar refractivity (Wildman–Crippen MR) is 155 cm³/mol. The molecule has 0 radical (unpaired) electrons. The van der Waals surface area contributed by atoms with Gasteiger partial charge in [-0.05, 0) is 61.0 Å². The van der Waals surface area contributed by atoms with Gasteiger partial charge in [-0.15, -0.1) is 0 Å². The number of carbonyl (C=O) groups is 1. The zero-order valence-corrected chi connectivity index (χ0v) is 23.6. The number of fused-ring (bicyclic) bond motifs is 1. The Morgan fingerprint density at radius 1 is 1.15 bits per heavy atom. The number of halogens is 3. The fourth-order valence-corrected chi connectivity index (χ4v) is 4.76. The molecule has 2 atom stereocenters. The molecule has 0 aliphatic carbocycles. The van der Waals surface area contributed by atoms with Gasteiger partial charge in [-0.2, -0.15) is 8.78 Å². The average molecular weight is 586 g/mol. The molecule has 1 aromatic heterocycles. The summed E-state index contributed by atoms with van der Waals surface area (Å²) in [5, 5.41) is 0.397. The molecule has 4 N–H and O–H groups in total. The van der Waals surface area contributed by atoms with Crippen molar-refractivity contribution in [3.05, 3.63) is 99.9 Å². The number of carbonyl (C=O) groups excluding carboxylic acids is 1. The molecule has 1 amide bonds. The maximum atomic E-state index is 14.3. The van der Waals surface area contributed by atoms with Crippen molar-refractivity contribution in [1.82, 2.24) is 14.5 Å². The van der Waals surface area contributed by atoms with Gasteiger partial charge in [-0.1, -0.05) is 27.4 Å². The van der Waals surface area contributed by atoms with Crippen LogP contribution in [0.3, 0.4) is 0 Å². The smallest absolute Gasteiger partial charge is 0.286 e. The summed E-state index contributed by atoms with van der Waals surface area (Å²) in [6, 6.07) is 16.0. The fourth-order valence-electron chi connectivity index (χ4n) is 4.52. The standard InChI is InChI=1S/C29H31F3N5O3P/c1-2-40-20-10-8-19(9-11-20)37-27(35-25-6-4-3-5-21(25)28(37)39)24(34)17-36(14-13-33)26(38)16-18-7-12-22(23(30)15-18)29(31,32)41/h3-12,15,24H,2,13-14,16-17,33-34,41H2,1H3. The third-order valence-corrected chi connectivity index (χ3v) is 6.77. The molecule has 1 heterocycles. The molecule has 2 unspecified atom stereocenters. The van der Waals surface area contributed by atoms with Gasteiger partial charge in [0.05, 0.1) is 41.2 Å². The van der Waals surface area contributed by atoms with Crippen LogP contribution in [0.25, 0.3) is 16.6 Å². The molecule has 0 spiro atoms. The van der Waals surface area contributed by atoms with E-state index in [9.17, 15) is 22.8 Å². The van der Waals surface area contributed by atoms with Crippen molar-refractivity contribution in [2.24, 2.45) is 11.5 Å². The first-order valence-electron chi connectivity index (χ1n) is 13.0. The van der Waals surface area contributed by atoms with E-state index in [1.807, 2.05) is 6.92 Å². The molecule has 3 aromatic carbocycles. The molecule has 0 bridgehead atoms. The third kappa shape index (κ3) is 6.93. The summed E-state index contributed by atoms with van der Waals surface area (Å²) in [4.78, 5) is 32.9. The van der Waals surface area contributed by atoms with Crippen LogP contribution in [0, 0.1) is 5.82 Å². The molecular weight excluding hydrogens is 554 g/mol. The van der Waals surface area contributed by atoms with Gasteiger partial charge in [-0.25, -0.2) is 9.37 Å². The minimum absolute atomic E-state index is 0.0535. The number of ether oxygens (including phenoxy) is 1. The highest BCUT2D eigenvalue weighted by Crippen LogP contribution is 2.36. The van der Waals surface area contributed by atoms with Crippen molar-refractivity contribution in [3.63, 3.8) is 0 Å². The highest BCUT2D eigenvalue weighted by atomic mass is 31.0. The summed E-state index contributed by atoms with van der Waals surface area (Å²) in [7, 11) is 1.29. The van der Waals surface area contributed by atoms with Gasteiger partial charge in [-0.3, -0.25) is 14.2 Å². The van der Waals surface area contributed by atoms with Crippen molar-refractivity contribution in [3.8, 4) is 11.4 Å². The molecule has 0 saturated carbocycles. The van der Waals surface area contributed by atoms with Crippen LogP contribution in [0.2, 0.25) is 0 Å². The van der Waals surface area contributed by atoms with Gasteiger partial charge in [0.2, 0.25) is 5.91 Å². The van der Waals surface area contributed by atoms with Gasteiger partial charge in [0.1, 0.15) is 17.4 Å². The normalized spacial score (nSPS) is 12.4. The Labute approximate surface area is 237 Å². The summed E-state index contributed by atoms with van der Waals surface area (Å²) in [5.41, 5.74) is 8.99. The van der Waals surface area contributed by atoms with Crippen molar-refractivity contribution >= 4 is 26.0 Å². The molecule has 0 saturated heterocycles. The predicted octanol–water partition coefficient (Wildman–Crippen LogP) is 3.88. The second-order valence-electron chi connectivity index (χ2n) is 9.40. The Kier molecular flexibility index (Phi) is 9.42. The van der Waals surface area contributed by atoms with E-state index in [0.717, 1.165) is 12.1 Å². The van der Waals surface area contributed by atoms with Crippen molar-refractivity contribution < 1.29 is 22.7 Å². The van der Waals surface area contributed by atoms with Crippen LogP contribution in [-0.2, 0) is 16.9 Å². The second kappa shape index (κ2) is 12.8. The monoisotopic (exact) mass is 585 g/mol. The first kappa shape index (κ1) is 30.2. The number of nitrogens with zero attached hydrogens (tertiary/aromatic N) is 3. The Bertz CT molecular complexity index is 1590. The lowest BCUT2D eigenvalue weighted by atomic mass is 10.1. The lowest BCUT2D eigenvalue weighted by molar-refractivity contribution is -0.130. The largest absolute Gasteiger partial charge is 0.494 e.